The number of carbonyl (C=O) groups is 1. The molecule has 3 N–H and O–H groups in total. The lowest BCUT2D eigenvalue weighted by Crippen LogP contribution is -2.45. The van der Waals surface area contributed by atoms with Gasteiger partial charge in [-0.05, 0) is 32.0 Å². The summed E-state index contributed by atoms with van der Waals surface area (Å²) in [6.45, 7) is 3.25. The van der Waals surface area contributed by atoms with Crippen molar-refractivity contribution in [2.75, 3.05) is 13.7 Å². The fourth-order valence-electron chi connectivity index (χ4n) is 1.36. The maximum Gasteiger partial charge on any atom is 0.339 e. The first-order chi connectivity index (χ1) is 9.07. The lowest BCUT2D eigenvalue weighted by molar-refractivity contribution is 0.0595. The van der Waals surface area contributed by atoms with Gasteiger partial charge in [0.2, 0.25) is 10.0 Å². The topological polar surface area (TPSA) is 98.5 Å². The Morgan fingerprint density at radius 2 is 2.05 bits per heavy atom. The average Bonchev–Trinajstić information content (AvgIpc) is 2.34. The molecule has 1 aromatic carbocycles. The van der Waals surface area contributed by atoms with Crippen molar-refractivity contribution >= 4 is 16.0 Å². The van der Waals surface area contributed by atoms with Crippen LogP contribution in [0.25, 0.3) is 0 Å². The van der Waals surface area contributed by atoms with Crippen molar-refractivity contribution in [3.8, 4) is 0 Å². The van der Waals surface area contributed by atoms with Gasteiger partial charge in [-0.1, -0.05) is 0 Å². The van der Waals surface area contributed by atoms with Crippen LogP contribution in [0.15, 0.2) is 23.1 Å². The van der Waals surface area contributed by atoms with E-state index in [1.807, 2.05) is 0 Å². The molecule has 0 spiro atoms. The minimum absolute atomic E-state index is 0.0344. The number of hydrogen-bond donors (Lipinski definition) is 2. The summed E-state index contributed by atoms with van der Waals surface area (Å²) in [5, 5.41) is 0. The molecular weight excluding hydrogens is 287 g/mol. The molecule has 0 aromatic heterocycles. The Labute approximate surface area is 117 Å². The van der Waals surface area contributed by atoms with Gasteiger partial charge in [0.25, 0.3) is 0 Å². The Hall–Kier alpha value is -1.51. The zero-order valence-electron chi connectivity index (χ0n) is 11.4. The molecule has 0 heterocycles. The van der Waals surface area contributed by atoms with Gasteiger partial charge in [0, 0.05) is 12.1 Å². The van der Waals surface area contributed by atoms with Crippen LogP contribution in [-0.2, 0) is 14.8 Å². The highest BCUT2D eigenvalue weighted by molar-refractivity contribution is 7.89. The summed E-state index contributed by atoms with van der Waals surface area (Å²) < 4.78 is 44.2. The number of rotatable bonds is 5. The van der Waals surface area contributed by atoms with E-state index >= 15 is 0 Å². The highest BCUT2D eigenvalue weighted by atomic mass is 32.2. The van der Waals surface area contributed by atoms with Crippen LogP contribution >= 0.6 is 0 Å². The predicted octanol–water partition coefficient (Wildman–Crippen LogP) is 0.628. The number of nitrogens with one attached hydrogen (secondary N) is 1. The van der Waals surface area contributed by atoms with Gasteiger partial charge in [0.1, 0.15) is 5.82 Å². The second kappa shape index (κ2) is 5.86. The molecule has 1 rings (SSSR count). The second-order valence-electron chi connectivity index (χ2n) is 4.95. The smallest absolute Gasteiger partial charge is 0.339 e. The quantitative estimate of drug-likeness (QED) is 0.777. The molecule has 0 aliphatic heterocycles. The number of hydrogen-bond acceptors (Lipinski definition) is 5. The molecule has 0 aliphatic carbocycles. The molecule has 0 amide bonds. The van der Waals surface area contributed by atoms with Gasteiger partial charge >= 0.3 is 5.97 Å². The van der Waals surface area contributed by atoms with Crippen molar-refractivity contribution < 1.29 is 22.3 Å². The molecule has 112 valence electrons. The maximum atomic E-state index is 13.2. The number of halogens is 1. The van der Waals surface area contributed by atoms with Gasteiger partial charge in [-0.25, -0.2) is 22.3 Å². The van der Waals surface area contributed by atoms with Gasteiger partial charge in [-0.3, -0.25) is 0 Å². The lowest BCUT2D eigenvalue weighted by atomic mass is 10.1. The molecule has 1 aromatic rings. The lowest BCUT2D eigenvalue weighted by Gasteiger charge is -2.19. The highest BCUT2D eigenvalue weighted by Gasteiger charge is 2.25. The first kappa shape index (κ1) is 16.5. The van der Waals surface area contributed by atoms with E-state index in [4.69, 9.17) is 5.73 Å². The van der Waals surface area contributed by atoms with Crippen LogP contribution in [0.1, 0.15) is 24.2 Å². The Morgan fingerprint density at radius 3 is 2.55 bits per heavy atom. The van der Waals surface area contributed by atoms with Gasteiger partial charge in [-0.15, -0.1) is 0 Å². The molecule has 20 heavy (non-hydrogen) atoms. The Balaban J connectivity index is 3.21. The summed E-state index contributed by atoms with van der Waals surface area (Å²) in [6, 6.07) is 2.77. The molecule has 0 atom stereocenters. The summed E-state index contributed by atoms with van der Waals surface area (Å²) in [6.07, 6.45) is 0. The maximum absolute atomic E-state index is 13.2. The van der Waals surface area contributed by atoms with Crippen molar-refractivity contribution in [3.05, 3.63) is 29.6 Å². The molecular formula is C12H17FN2O4S. The van der Waals surface area contributed by atoms with Crippen LogP contribution in [-0.4, -0.2) is 33.6 Å². The molecule has 8 heteroatoms. The van der Waals surface area contributed by atoms with Gasteiger partial charge in [-0.2, -0.15) is 0 Å². The van der Waals surface area contributed by atoms with Crippen molar-refractivity contribution in [1.82, 2.24) is 4.72 Å². The summed E-state index contributed by atoms with van der Waals surface area (Å²) >= 11 is 0. The summed E-state index contributed by atoms with van der Waals surface area (Å²) in [7, 11) is -2.91. The van der Waals surface area contributed by atoms with Crippen molar-refractivity contribution in [1.29, 1.82) is 0 Å². The van der Waals surface area contributed by atoms with Gasteiger partial charge in [0.05, 0.1) is 17.6 Å². The van der Waals surface area contributed by atoms with Crippen LogP contribution in [0, 0.1) is 5.82 Å². The van der Waals surface area contributed by atoms with E-state index in [1.165, 1.54) is 0 Å². The van der Waals surface area contributed by atoms with Crippen LogP contribution in [0.2, 0.25) is 0 Å². The van der Waals surface area contributed by atoms with Crippen molar-refractivity contribution in [2.24, 2.45) is 5.73 Å². The second-order valence-corrected chi connectivity index (χ2v) is 6.68. The molecule has 0 saturated heterocycles. The van der Waals surface area contributed by atoms with E-state index in [9.17, 15) is 17.6 Å². The SMILES string of the molecule is COC(=O)c1cc(F)ccc1S(=O)(=O)NCC(C)(C)N. The number of methoxy groups -OCH3 is 1. The Morgan fingerprint density at radius 1 is 1.45 bits per heavy atom. The molecule has 0 fully saturated rings. The normalized spacial score (nSPS) is 12.2. The molecule has 0 radical (unpaired) electrons. The number of carbonyl (C=O) groups excluding carboxylic acids is 1. The molecule has 0 unspecified atom stereocenters. The van der Waals surface area contributed by atoms with Crippen LogP contribution in [0.3, 0.4) is 0 Å². The first-order valence-corrected chi connectivity index (χ1v) is 7.21. The minimum Gasteiger partial charge on any atom is -0.465 e. The molecule has 0 saturated carbocycles. The van der Waals surface area contributed by atoms with Crippen LogP contribution in [0.4, 0.5) is 4.39 Å². The standard InChI is InChI=1S/C12H17FN2O4S/c1-12(2,14)7-15-20(17,18)10-5-4-8(13)6-9(10)11(16)19-3/h4-6,15H,7,14H2,1-3H3. The monoisotopic (exact) mass is 304 g/mol. The molecule has 0 bridgehead atoms. The third kappa shape index (κ3) is 4.26. The highest BCUT2D eigenvalue weighted by Crippen LogP contribution is 2.18. The summed E-state index contributed by atoms with van der Waals surface area (Å²) in [5.41, 5.74) is 4.56. The van der Waals surface area contributed by atoms with Crippen molar-refractivity contribution in [2.45, 2.75) is 24.3 Å². The van der Waals surface area contributed by atoms with Crippen molar-refractivity contribution in [3.63, 3.8) is 0 Å². The zero-order valence-corrected chi connectivity index (χ0v) is 12.3. The number of benzene rings is 1. The molecule has 0 aliphatic rings. The third-order valence-corrected chi connectivity index (χ3v) is 3.81. The van der Waals surface area contributed by atoms with Crippen LogP contribution < -0.4 is 10.5 Å². The minimum atomic E-state index is -3.99. The van der Waals surface area contributed by atoms with Gasteiger partial charge in [0.15, 0.2) is 0 Å². The van der Waals surface area contributed by atoms with E-state index in [-0.39, 0.29) is 17.0 Å². The number of ether oxygens (including phenoxy) is 1. The fraction of sp³-hybridized carbons (Fsp3) is 0.417. The predicted molar refractivity (Wildman–Crippen MR) is 71.2 cm³/mol. The number of esters is 1. The van der Waals surface area contributed by atoms with Crippen LogP contribution in [0.5, 0.6) is 0 Å². The first-order valence-electron chi connectivity index (χ1n) is 5.73. The Bertz CT molecular complexity index is 608. The van der Waals surface area contributed by atoms with E-state index in [1.54, 1.807) is 13.8 Å². The summed E-state index contributed by atoms with van der Waals surface area (Å²) in [4.78, 5) is 11.2. The largest absolute Gasteiger partial charge is 0.465 e. The molecule has 6 nitrogen and oxygen atoms in total. The van der Waals surface area contributed by atoms with E-state index in [2.05, 4.69) is 9.46 Å². The average molecular weight is 304 g/mol. The third-order valence-electron chi connectivity index (χ3n) is 2.35. The van der Waals surface area contributed by atoms with Gasteiger partial charge < -0.3 is 10.5 Å². The van der Waals surface area contributed by atoms with E-state index in [0.717, 1.165) is 25.3 Å². The Kier molecular flexibility index (Phi) is 4.85. The fourth-order valence-corrected chi connectivity index (χ4v) is 2.76. The summed E-state index contributed by atoms with van der Waals surface area (Å²) in [5.74, 6) is -1.67. The van der Waals surface area contributed by atoms with E-state index in [0.29, 0.717) is 0 Å². The number of nitrogens with two attached hydrogens (primary N) is 1. The number of sulfonamides is 1. The zero-order chi connectivity index (χ0) is 15.6. The van der Waals surface area contributed by atoms with E-state index < -0.39 is 27.3 Å².